The molecule has 0 amide bonds. The lowest BCUT2D eigenvalue weighted by Gasteiger charge is -2.15. The van der Waals surface area contributed by atoms with Crippen LogP contribution < -0.4 is 5.32 Å². The summed E-state index contributed by atoms with van der Waals surface area (Å²) >= 11 is 0. The molecule has 0 fully saturated rings. The van der Waals surface area contributed by atoms with E-state index < -0.39 is 0 Å². The van der Waals surface area contributed by atoms with Crippen molar-refractivity contribution in [3.63, 3.8) is 0 Å². The number of pyridine rings is 1. The molecule has 3 heterocycles. The summed E-state index contributed by atoms with van der Waals surface area (Å²) in [6.45, 7) is 2.07. The lowest BCUT2D eigenvalue weighted by atomic mass is 10.2. The van der Waals surface area contributed by atoms with E-state index in [1.54, 1.807) is 12.4 Å². The molecule has 2 aromatic carbocycles. The molecule has 3 aromatic heterocycles. The number of nitrogens with zero attached hydrogens (tertiary/aromatic N) is 3. The number of anilines is 1. The number of fused-ring (bicyclic) bond motifs is 2. The summed E-state index contributed by atoms with van der Waals surface area (Å²) in [5, 5.41) is 5.57. The Kier molecular flexibility index (Phi) is 3.98. The highest BCUT2D eigenvalue weighted by atomic mass is 16.3. The van der Waals surface area contributed by atoms with Crippen molar-refractivity contribution in [2.24, 2.45) is 0 Å². The van der Waals surface area contributed by atoms with Crippen LogP contribution >= 0.6 is 0 Å². The van der Waals surface area contributed by atoms with Crippen LogP contribution in [0.5, 0.6) is 0 Å². The highest BCUT2D eigenvalue weighted by Crippen LogP contribution is 2.29. The van der Waals surface area contributed by atoms with Crippen molar-refractivity contribution in [1.29, 1.82) is 0 Å². The van der Waals surface area contributed by atoms with Gasteiger partial charge in [-0.1, -0.05) is 30.3 Å². The van der Waals surface area contributed by atoms with E-state index in [1.165, 1.54) is 0 Å². The van der Waals surface area contributed by atoms with Gasteiger partial charge in [-0.25, -0.2) is 9.97 Å². The van der Waals surface area contributed by atoms with Crippen LogP contribution in [-0.2, 0) is 0 Å². The van der Waals surface area contributed by atoms with Gasteiger partial charge in [0.15, 0.2) is 5.82 Å². The van der Waals surface area contributed by atoms with E-state index in [0.29, 0.717) is 5.82 Å². The van der Waals surface area contributed by atoms with E-state index in [9.17, 15) is 0 Å². The lowest BCUT2D eigenvalue weighted by Crippen LogP contribution is -2.08. The summed E-state index contributed by atoms with van der Waals surface area (Å²) in [4.78, 5) is 13.7. The highest BCUT2D eigenvalue weighted by molar-refractivity contribution is 5.90. The fraction of sp³-hybridized carbons (Fsp3) is 0.0870. The van der Waals surface area contributed by atoms with Gasteiger partial charge in [0, 0.05) is 28.7 Å². The Bertz CT molecular complexity index is 1230. The Morgan fingerprint density at radius 1 is 0.929 bits per heavy atom. The number of hydrogen-bond donors (Lipinski definition) is 1. The summed E-state index contributed by atoms with van der Waals surface area (Å²) in [6, 6.07) is 21.9. The van der Waals surface area contributed by atoms with Gasteiger partial charge in [0.1, 0.15) is 17.2 Å². The first-order chi connectivity index (χ1) is 13.8. The maximum absolute atomic E-state index is 6.01. The summed E-state index contributed by atoms with van der Waals surface area (Å²) in [6.07, 6.45) is 3.52. The fourth-order valence-corrected chi connectivity index (χ4v) is 3.30. The minimum atomic E-state index is -0.0487. The molecule has 28 heavy (non-hydrogen) atoms. The van der Waals surface area contributed by atoms with Gasteiger partial charge in [-0.05, 0) is 43.3 Å². The van der Waals surface area contributed by atoms with Crippen LogP contribution in [0.1, 0.15) is 18.7 Å². The van der Waals surface area contributed by atoms with E-state index in [-0.39, 0.29) is 6.04 Å². The van der Waals surface area contributed by atoms with Crippen molar-refractivity contribution in [1.82, 2.24) is 15.0 Å². The van der Waals surface area contributed by atoms with Gasteiger partial charge in [-0.2, -0.15) is 0 Å². The molecule has 0 aliphatic heterocycles. The first-order valence-electron chi connectivity index (χ1n) is 9.20. The molecule has 0 aliphatic rings. The van der Waals surface area contributed by atoms with Crippen LogP contribution in [0.4, 0.5) is 5.82 Å². The van der Waals surface area contributed by atoms with Crippen molar-refractivity contribution in [2.45, 2.75) is 13.0 Å². The second kappa shape index (κ2) is 6.78. The molecule has 0 saturated heterocycles. The van der Waals surface area contributed by atoms with Gasteiger partial charge >= 0.3 is 0 Å². The number of furan rings is 1. The van der Waals surface area contributed by atoms with Gasteiger partial charge in [0.05, 0.1) is 11.6 Å². The molecule has 0 spiro atoms. The van der Waals surface area contributed by atoms with Crippen LogP contribution in [0.2, 0.25) is 0 Å². The number of rotatable bonds is 4. The number of para-hydroxylation sites is 2. The molecule has 5 heteroatoms. The van der Waals surface area contributed by atoms with Gasteiger partial charge < -0.3 is 9.73 Å². The predicted octanol–water partition coefficient (Wildman–Crippen LogP) is 5.61. The Morgan fingerprint density at radius 2 is 1.79 bits per heavy atom. The number of benzene rings is 2. The SMILES string of the molecule is C[C@@H](Nc1nc(-c2cccnc2)nc2ccccc12)c1cc2ccccc2o1. The molecule has 136 valence electrons. The van der Waals surface area contributed by atoms with E-state index >= 15 is 0 Å². The molecular formula is C23H18N4O. The summed E-state index contributed by atoms with van der Waals surface area (Å²) in [7, 11) is 0. The summed E-state index contributed by atoms with van der Waals surface area (Å²) < 4.78 is 6.01. The Balaban J connectivity index is 1.57. The van der Waals surface area contributed by atoms with E-state index in [2.05, 4.69) is 29.4 Å². The molecule has 0 aliphatic carbocycles. The van der Waals surface area contributed by atoms with Crippen molar-refractivity contribution >= 4 is 27.7 Å². The van der Waals surface area contributed by atoms with Gasteiger partial charge in [0.2, 0.25) is 0 Å². The molecule has 5 aromatic rings. The molecule has 0 bridgehead atoms. The zero-order valence-corrected chi connectivity index (χ0v) is 15.3. The molecule has 0 radical (unpaired) electrons. The lowest BCUT2D eigenvalue weighted by molar-refractivity contribution is 0.526. The molecule has 1 atom stereocenters. The van der Waals surface area contributed by atoms with Crippen LogP contribution in [0.3, 0.4) is 0 Å². The Labute approximate surface area is 162 Å². The first kappa shape index (κ1) is 16.4. The maximum Gasteiger partial charge on any atom is 0.163 e. The van der Waals surface area contributed by atoms with Crippen LogP contribution in [0.25, 0.3) is 33.3 Å². The highest BCUT2D eigenvalue weighted by Gasteiger charge is 2.15. The molecule has 5 rings (SSSR count). The van der Waals surface area contributed by atoms with Crippen LogP contribution in [-0.4, -0.2) is 15.0 Å². The third-order valence-corrected chi connectivity index (χ3v) is 4.75. The maximum atomic E-state index is 6.01. The largest absolute Gasteiger partial charge is 0.459 e. The number of aromatic nitrogens is 3. The van der Waals surface area contributed by atoms with E-state index in [1.807, 2.05) is 54.6 Å². The van der Waals surface area contributed by atoms with Crippen molar-refractivity contribution < 1.29 is 4.42 Å². The topological polar surface area (TPSA) is 63.8 Å². The molecular weight excluding hydrogens is 348 g/mol. The number of hydrogen-bond acceptors (Lipinski definition) is 5. The quantitative estimate of drug-likeness (QED) is 0.448. The molecule has 1 N–H and O–H groups in total. The third kappa shape index (κ3) is 2.97. The smallest absolute Gasteiger partial charge is 0.163 e. The van der Waals surface area contributed by atoms with Crippen molar-refractivity contribution in [2.75, 3.05) is 5.32 Å². The standard InChI is InChI=1S/C23H18N4O/c1-15(21-13-16-7-2-5-11-20(16)28-21)25-23-18-9-3-4-10-19(18)26-22(27-23)17-8-6-12-24-14-17/h2-15H,1H3,(H,25,26,27)/t15-/m1/s1. The minimum Gasteiger partial charge on any atom is -0.459 e. The monoisotopic (exact) mass is 366 g/mol. The van der Waals surface area contributed by atoms with E-state index in [0.717, 1.165) is 39.0 Å². The van der Waals surface area contributed by atoms with Crippen LogP contribution in [0.15, 0.2) is 83.5 Å². The molecule has 5 nitrogen and oxygen atoms in total. The van der Waals surface area contributed by atoms with Crippen molar-refractivity contribution in [3.05, 3.63) is 84.9 Å². The average Bonchev–Trinajstić information content (AvgIpc) is 3.19. The zero-order chi connectivity index (χ0) is 18.9. The second-order valence-corrected chi connectivity index (χ2v) is 6.71. The Hall–Kier alpha value is -3.73. The molecule has 0 unspecified atom stereocenters. The molecule has 0 saturated carbocycles. The second-order valence-electron chi connectivity index (χ2n) is 6.71. The normalized spacial score (nSPS) is 12.3. The average molecular weight is 366 g/mol. The first-order valence-corrected chi connectivity index (χ1v) is 9.20. The summed E-state index contributed by atoms with van der Waals surface area (Å²) in [5.41, 5.74) is 2.65. The van der Waals surface area contributed by atoms with E-state index in [4.69, 9.17) is 14.4 Å². The van der Waals surface area contributed by atoms with Gasteiger partial charge in [-0.3, -0.25) is 4.98 Å². The van der Waals surface area contributed by atoms with Gasteiger partial charge in [0.25, 0.3) is 0 Å². The number of nitrogens with one attached hydrogen (secondary N) is 1. The Morgan fingerprint density at radius 3 is 2.64 bits per heavy atom. The summed E-state index contributed by atoms with van der Waals surface area (Å²) in [5.74, 6) is 2.29. The fourth-order valence-electron chi connectivity index (χ4n) is 3.30. The van der Waals surface area contributed by atoms with Crippen molar-refractivity contribution in [3.8, 4) is 11.4 Å². The zero-order valence-electron chi connectivity index (χ0n) is 15.3. The van der Waals surface area contributed by atoms with Crippen LogP contribution in [0, 0.1) is 0 Å². The minimum absolute atomic E-state index is 0.0487. The van der Waals surface area contributed by atoms with Gasteiger partial charge in [-0.15, -0.1) is 0 Å². The third-order valence-electron chi connectivity index (χ3n) is 4.75. The predicted molar refractivity (Wildman–Crippen MR) is 111 cm³/mol.